The van der Waals surface area contributed by atoms with Gasteiger partial charge in [-0.3, -0.25) is 14.8 Å². The van der Waals surface area contributed by atoms with Crippen LogP contribution in [0.5, 0.6) is 0 Å². The number of hydrogen-bond donors (Lipinski definition) is 1. The molecule has 32 heavy (non-hydrogen) atoms. The Morgan fingerprint density at radius 3 is 2.25 bits per heavy atom. The summed E-state index contributed by atoms with van der Waals surface area (Å²) in [5.41, 5.74) is 3.20. The number of nitrogens with one attached hydrogen (secondary N) is 1. The van der Waals surface area contributed by atoms with Crippen molar-refractivity contribution >= 4 is 11.7 Å². The van der Waals surface area contributed by atoms with Gasteiger partial charge in [0.25, 0.3) is 0 Å². The zero-order valence-electron chi connectivity index (χ0n) is 17.8. The van der Waals surface area contributed by atoms with Gasteiger partial charge in [-0.2, -0.15) is 0 Å². The fraction of sp³-hybridized carbons (Fsp3) is 0.222. The van der Waals surface area contributed by atoms with Gasteiger partial charge in [0.05, 0.1) is 11.1 Å². The van der Waals surface area contributed by atoms with Crippen molar-refractivity contribution in [3.63, 3.8) is 0 Å². The van der Waals surface area contributed by atoms with Gasteiger partial charge in [0, 0.05) is 18.4 Å². The van der Waals surface area contributed by atoms with Crippen LogP contribution in [0.2, 0.25) is 0 Å². The minimum atomic E-state index is -0.175. The van der Waals surface area contributed by atoms with Gasteiger partial charge in [-0.15, -0.1) is 0 Å². The molecule has 1 aromatic carbocycles. The van der Waals surface area contributed by atoms with Crippen LogP contribution in [0.1, 0.15) is 48.2 Å². The van der Waals surface area contributed by atoms with Gasteiger partial charge in [-0.05, 0) is 42.7 Å². The lowest BCUT2D eigenvalue weighted by atomic mass is 9.94. The minimum absolute atomic E-state index is 0.175. The van der Waals surface area contributed by atoms with Crippen LogP contribution in [-0.2, 0) is 0 Å². The fourth-order valence-corrected chi connectivity index (χ4v) is 4.36. The second kappa shape index (κ2) is 9.18. The third kappa shape index (κ3) is 4.06. The molecule has 0 amide bonds. The second-order valence-corrected chi connectivity index (χ2v) is 8.11. The number of ketones is 1. The molecule has 160 valence electrons. The minimum Gasteiger partial charge on any atom is -0.438 e. The van der Waals surface area contributed by atoms with E-state index in [1.165, 1.54) is 19.3 Å². The maximum atomic E-state index is 13.8. The van der Waals surface area contributed by atoms with Crippen LogP contribution in [0.3, 0.4) is 0 Å². The molecule has 0 aliphatic heterocycles. The van der Waals surface area contributed by atoms with E-state index >= 15 is 0 Å². The van der Waals surface area contributed by atoms with Crippen molar-refractivity contribution in [2.75, 3.05) is 5.32 Å². The first-order chi connectivity index (χ1) is 15.8. The Balaban J connectivity index is 1.72. The number of anilines is 1. The maximum absolute atomic E-state index is 13.8. The summed E-state index contributed by atoms with van der Waals surface area (Å²) in [6, 6.07) is 21.2. The summed E-state index contributed by atoms with van der Waals surface area (Å²) in [6.07, 6.45) is 9.21. The largest absolute Gasteiger partial charge is 0.438 e. The van der Waals surface area contributed by atoms with E-state index in [-0.39, 0.29) is 5.78 Å². The number of hydrogen-bond acceptors (Lipinski definition) is 5. The highest BCUT2D eigenvalue weighted by molar-refractivity contribution is 6.16. The number of nitrogens with zero attached hydrogens (tertiary/aromatic N) is 2. The van der Waals surface area contributed by atoms with Crippen molar-refractivity contribution in [2.45, 2.75) is 38.1 Å². The summed E-state index contributed by atoms with van der Waals surface area (Å²) in [6.45, 7) is 0. The second-order valence-electron chi connectivity index (χ2n) is 8.11. The molecule has 1 aliphatic carbocycles. The van der Waals surface area contributed by atoms with Crippen molar-refractivity contribution in [3.8, 4) is 22.6 Å². The average molecular weight is 424 g/mol. The zero-order valence-corrected chi connectivity index (χ0v) is 17.8. The highest BCUT2D eigenvalue weighted by Crippen LogP contribution is 2.42. The summed E-state index contributed by atoms with van der Waals surface area (Å²) in [7, 11) is 0. The van der Waals surface area contributed by atoms with Crippen LogP contribution in [0.25, 0.3) is 22.6 Å². The third-order valence-electron chi connectivity index (χ3n) is 5.93. The molecule has 1 N–H and O–H groups in total. The summed E-state index contributed by atoms with van der Waals surface area (Å²) >= 11 is 0. The Hall–Kier alpha value is -3.73. The van der Waals surface area contributed by atoms with E-state index in [0.717, 1.165) is 24.0 Å². The lowest BCUT2D eigenvalue weighted by Gasteiger charge is -2.23. The van der Waals surface area contributed by atoms with E-state index in [1.807, 2.05) is 54.6 Å². The monoisotopic (exact) mass is 423 g/mol. The maximum Gasteiger partial charge on any atom is 0.216 e. The van der Waals surface area contributed by atoms with Crippen LogP contribution in [0.4, 0.5) is 5.88 Å². The third-order valence-corrected chi connectivity index (χ3v) is 5.93. The molecule has 5 rings (SSSR count). The molecule has 3 aromatic heterocycles. The smallest absolute Gasteiger partial charge is 0.216 e. The summed E-state index contributed by atoms with van der Waals surface area (Å²) < 4.78 is 6.41. The molecule has 0 radical (unpaired) electrons. The van der Waals surface area contributed by atoms with Gasteiger partial charge < -0.3 is 9.73 Å². The average Bonchev–Trinajstić information content (AvgIpc) is 3.25. The highest BCUT2D eigenvalue weighted by atomic mass is 16.4. The van der Waals surface area contributed by atoms with Crippen molar-refractivity contribution in [2.24, 2.45) is 0 Å². The molecular weight excluding hydrogens is 398 g/mol. The van der Waals surface area contributed by atoms with E-state index in [2.05, 4.69) is 15.3 Å². The Morgan fingerprint density at radius 2 is 1.56 bits per heavy atom. The Morgan fingerprint density at radius 1 is 0.844 bits per heavy atom. The zero-order chi connectivity index (χ0) is 21.8. The molecule has 0 spiro atoms. The molecule has 1 saturated carbocycles. The van der Waals surface area contributed by atoms with Crippen molar-refractivity contribution in [3.05, 3.63) is 90.4 Å². The number of carbonyl (C=O) groups excluding carboxylic acids is 1. The molecule has 1 aliphatic rings. The van der Waals surface area contributed by atoms with Crippen LogP contribution in [0.15, 0.2) is 83.5 Å². The molecule has 5 nitrogen and oxygen atoms in total. The van der Waals surface area contributed by atoms with Gasteiger partial charge in [0.15, 0.2) is 5.76 Å². The predicted octanol–water partition coefficient (Wildman–Crippen LogP) is 6.38. The number of rotatable bonds is 6. The van der Waals surface area contributed by atoms with Gasteiger partial charge in [0.1, 0.15) is 11.4 Å². The van der Waals surface area contributed by atoms with E-state index in [9.17, 15) is 4.79 Å². The van der Waals surface area contributed by atoms with E-state index in [0.29, 0.717) is 34.6 Å². The number of carbonyl (C=O) groups is 1. The molecule has 0 atom stereocenters. The SMILES string of the molecule is O=C(c1ccccn1)c1c(-c2ccccn2)oc(NC2CCCCC2)c1-c1ccccc1. The first kappa shape index (κ1) is 20.2. The van der Waals surface area contributed by atoms with Gasteiger partial charge >= 0.3 is 0 Å². The molecule has 0 saturated heterocycles. The van der Waals surface area contributed by atoms with Crippen LogP contribution in [0, 0.1) is 0 Å². The molecular formula is C27H25N3O2. The van der Waals surface area contributed by atoms with Crippen LogP contribution in [-0.4, -0.2) is 21.8 Å². The Labute approximate surface area is 187 Å². The number of furan rings is 1. The molecule has 3 heterocycles. The van der Waals surface area contributed by atoms with Crippen LogP contribution >= 0.6 is 0 Å². The first-order valence-electron chi connectivity index (χ1n) is 11.2. The highest BCUT2D eigenvalue weighted by Gasteiger charge is 2.30. The number of aromatic nitrogens is 2. The molecule has 0 bridgehead atoms. The van der Waals surface area contributed by atoms with Crippen molar-refractivity contribution < 1.29 is 9.21 Å². The number of pyridine rings is 2. The Kier molecular flexibility index (Phi) is 5.79. The lowest BCUT2D eigenvalue weighted by Crippen LogP contribution is -2.22. The normalized spacial score (nSPS) is 14.2. The Bertz CT molecular complexity index is 1180. The summed E-state index contributed by atoms with van der Waals surface area (Å²) in [5.74, 6) is 0.923. The topological polar surface area (TPSA) is 68.0 Å². The summed E-state index contributed by atoms with van der Waals surface area (Å²) in [5, 5.41) is 3.62. The molecule has 4 aromatic rings. The molecule has 5 heteroatoms. The van der Waals surface area contributed by atoms with Gasteiger partial charge in [0.2, 0.25) is 11.7 Å². The molecule has 0 unspecified atom stereocenters. The first-order valence-corrected chi connectivity index (χ1v) is 11.2. The quantitative estimate of drug-likeness (QED) is 0.365. The van der Waals surface area contributed by atoms with Crippen molar-refractivity contribution in [1.29, 1.82) is 0 Å². The van der Waals surface area contributed by atoms with E-state index < -0.39 is 0 Å². The standard InChI is InChI=1S/C27H25N3O2/c31-25(21-15-7-9-17-28-21)24-23(19-11-3-1-4-12-19)27(30-20-13-5-2-6-14-20)32-26(24)22-16-8-10-18-29-22/h1,3-4,7-12,15-18,20,30H,2,5-6,13-14H2. The number of benzene rings is 1. The lowest BCUT2D eigenvalue weighted by molar-refractivity contribution is 0.103. The van der Waals surface area contributed by atoms with E-state index in [1.54, 1.807) is 24.5 Å². The van der Waals surface area contributed by atoms with Gasteiger partial charge in [-0.1, -0.05) is 61.7 Å². The van der Waals surface area contributed by atoms with Crippen LogP contribution < -0.4 is 5.32 Å². The van der Waals surface area contributed by atoms with Gasteiger partial charge in [-0.25, -0.2) is 0 Å². The summed E-state index contributed by atoms with van der Waals surface area (Å²) in [4.78, 5) is 22.6. The fourth-order valence-electron chi connectivity index (χ4n) is 4.36. The predicted molar refractivity (Wildman–Crippen MR) is 126 cm³/mol. The van der Waals surface area contributed by atoms with E-state index in [4.69, 9.17) is 4.42 Å². The van der Waals surface area contributed by atoms with Crippen molar-refractivity contribution in [1.82, 2.24) is 9.97 Å². The molecule has 1 fully saturated rings.